The van der Waals surface area contributed by atoms with Crippen LogP contribution in [0.3, 0.4) is 0 Å². The lowest BCUT2D eigenvalue weighted by atomic mass is 9.97. The SMILES string of the molecule is CCc1nc2sc(N3C4CCC3CC(N(C)C(N)=O)C4)nn2c1N(C)c1nc(-c2ccc(C)cc2)c(C#N)s1. The number of carbonyl (C=O) groups is 1. The zero-order valence-corrected chi connectivity index (χ0v) is 24.1. The number of nitriles is 1. The van der Waals surface area contributed by atoms with E-state index in [1.807, 2.05) is 47.7 Å². The van der Waals surface area contributed by atoms with Crippen molar-refractivity contribution in [2.75, 3.05) is 23.9 Å². The van der Waals surface area contributed by atoms with Gasteiger partial charge in [-0.05, 0) is 39.0 Å². The number of piperidine rings is 1. The number of anilines is 3. The first kappa shape index (κ1) is 25.6. The van der Waals surface area contributed by atoms with E-state index in [1.165, 1.54) is 11.3 Å². The summed E-state index contributed by atoms with van der Waals surface area (Å²) in [7, 11) is 3.77. The third kappa shape index (κ3) is 4.30. The maximum atomic E-state index is 11.8. The Labute approximate surface area is 235 Å². The number of hydrogen-bond donors (Lipinski definition) is 1. The van der Waals surface area contributed by atoms with E-state index < -0.39 is 0 Å². The Morgan fingerprint density at radius 2 is 1.85 bits per heavy atom. The molecule has 2 aliphatic rings. The minimum atomic E-state index is -0.368. The van der Waals surface area contributed by atoms with Crippen LogP contribution in [-0.2, 0) is 6.42 Å². The van der Waals surface area contributed by atoms with Gasteiger partial charge < -0.3 is 20.4 Å². The molecule has 2 amide bonds. The predicted molar refractivity (Wildman–Crippen MR) is 155 cm³/mol. The Balaban J connectivity index is 1.34. The highest BCUT2D eigenvalue weighted by Gasteiger charge is 2.44. The third-order valence-corrected chi connectivity index (χ3v) is 10.0. The number of carbonyl (C=O) groups excluding carboxylic acids is 1. The molecule has 5 heterocycles. The Morgan fingerprint density at radius 1 is 1.15 bits per heavy atom. The molecule has 2 saturated heterocycles. The second kappa shape index (κ2) is 9.81. The fourth-order valence-corrected chi connectivity index (χ4v) is 7.84. The van der Waals surface area contributed by atoms with Gasteiger partial charge in [0.05, 0.1) is 5.69 Å². The summed E-state index contributed by atoms with van der Waals surface area (Å²) < 4.78 is 1.93. The van der Waals surface area contributed by atoms with Crippen LogP contribution in [0.2, 0.25) is 0 Å². The zero-order chi connectivity index (χ0) is 27.4. The number of rotatable bonds is 6. The quantitative estimate of drug-likeness (QED) is 0.354. The first-order valence-corrected chi connectivity index (χ1v) is 14.8. The Kier molecular flexibility index (Phi) is 6.43. The molecule has 12 heteroatoms. The van der Waals surface area contributed by atoms with Crippen LogP contribution in [0.25, 0.3) is 16.2 Å². The van der Waals surface area contributed by atoms with Crippen LogP contribution in [0.5, 0.6) is 0 Å². The van der Waals surface area contributed by atoms with Crippen LogP contribution in [0.4, 0.5) is 20.9 Å². The van der Waals surface area contributed by atoms with Crippen molar-refractivity contribution in [3.63, 3.8) is 0 Å². The third-order valence-electron chi connectivity index (χ3n) is 8.05. The van der Waals surface area contributed by atoms with Crippen LogP contribution < -0.4 is 15.5 Å². The molecule has 2 unspecified atom stereocenters. The monoisotopic (exact) mass is 561 g/mol. The molecule has 2 aliphatic heterocycles. The predicted octanol–water partition coefficient (Wildman–Crippen LogP) is 4.94. The highest BCUT2D eigenvalue weighted by molar-refractivity contribution is 7.20. The van der Waals surface area contributed by atoms with Gasteiger partial charge in [0.2, 0.25) is 10.1 Å². The van der Waals surface area contributed by atoms with Crippen molar-refractivity contribution in [1.29, 1.82) is 5.26 Å². The van der Waals surface area contributed by atoms with Crippen LogP contribution in [0.15, 0.2) is 24.3 Å². The Hall–Kier alpha value is -3.69. The second-order valence-electron chi connectivity index (χ2n) is 10.4. The fourth-order valence-electron chi connectivity index (χ4n) is 5.93. The maximum Gasteiger partial charge on any atom is 0.314 e. The molecule has 0 aliphatic carbocycles. The number of hydrogen-bond acceptors (Lipinski definition) is 9. The number of fused-ring (bicyclic) bond motifs is 3. The first-order chi connectivity index (χ1) is 18.8. The Morgan fingerprint density at radius 3 is 2.46 bits per heavy atom. The minimum absolute atomic E-state index is 0.163. The minimum Gasteiger partial charge on any atom is -0.351 e. The standard InChI is InChI=1S/C27H31N9OS2/c1-5-20-23(34(4)25-31-22(21(14-28)38-25)16-8-6-15(2)7-9-16)36-26(30-20)39-27(32-36)35-17-10-11-18(35)13-19(12-17)33(3)24(29)37/h6-9,17-19H,5,10-13H2,1-4H3,(H2,29,37). The average molecular weight is 562 g/mol. The van der Waals surface area contributed by atoms with Crippen LogP contribution in [0.1, 0.15) is 48.7 Å². The first-order valence-electron chi connectivity index (χ1n) is 13.2. The number of nitrogens with two attached hydrogens (primary N) is 1. The highest BCUT2D eigenvalue weighted by Crippen LogP contribution is 2.43. The molecule has 1 aromatic carbocycles. The molecular formula is C27H31N9OS2. The molecule has 2 fully saturated rings. The van der Waals surface area contributed by atoms with E-state index >= 15 is 0 Å². The van der Waals surface area contributed by atoms with E-state index in [0.717, 1.165) is 70.0 Å². The maximum absolute atomic E-state index is 11.8. The van der Waals surface area contributed by atoms with Gasteiger partial charge in [-0.25, -0.2) is 14.8 Å². The molecule has 0 saturated carbocycles. The van der Waals surface area contributed by atoms with E-state index in [2.05, 4.69) is 17.9 Å². The molecular weight excluding hydrogens is 530 g/mol. The second-order valence-corrected chi connectivity index (χ2v) is 12.3. The lowest BCUT2D eigenvalue weighted by Gasteiger charge is -2.41. The molecule has 202 valence electrons. The molecule has 0 radical (unpaired) electrons. The lowest BCUT2D eigenvalue weighted by Crippen LogP contribution is -2.52. The molecule has 0 spiro atoms. The van der Waals surface area contributed by atoms with E-state index in [9.17, 15) is 10.1 Å². The van der Waals surface area contributed by atoms with Crippen molar-refractivity contribution in [2.24, 2.45) is 5.73 Å². The summed E-state index contributed by atoms with van der Waals surface area (Å²) in [6.45, 7) is 4.13. The number of urea groups is 1. The number of thiazole rings is 1. The summed E-state index contributed by atoms with van der Waals surface area (Å²) >= 11 is 2.99. The summed E-state index contributed by atoms with van der Waals surface area (Å²) in [5.41, 5.74) is 9.30. The van der Waals surface area contributed by atoms with Crippen molar-refractivity contribution < 1.29 is 4.79 Å². The zero-order valence-electron chi connectivity index (χ0n) is 22.5. The van der Waals surface area contributed by atoms with Gasteiger partial charge in [0.25, 0.3) is 0 Å². The fraction of sp³-hybridized carbons (Fsp3) is 0.444. The smallest absolute Gasteiger partial charge is 0.314 e. The normalized spacial score (nSPS) is 20.4. The molecule has 39 heavy (non-hydrogen) atoms. The summed E-state index contributed by atoms with van der Waals surface area (Å²) in [6, 6.07) is 10.9. The van der Waals surface area contributed by atoms with E-state index in [4.69, 9.17) is 20.8 Å². The van der Waals surface area contributed by atoms with E-state index in [-0.39, 0.29) is 12.1 Å². The molecule has 2 atom stereocenters. The lowest BCUT2D eigenvalue weighted by molar-refractivity contribution is 0.180. The largest absolute Gasteiger partial charge is 0.351 e. The van der Waals surface area contributed by atoms with Crippen molar-refractivity contribution in [3.05, 3.63) is 40.4 Å². The summed E-state index contributed by atoms with van der Waals surface area (Å²) in [4.78, 5) is 29.2. The average Bonchev–Trinajstić information content (AvgIpc) is 3.67. The number of primary amides is 1. The highest BCUT2D eigenvalue weighted by atomic mass is 32.1. The van der Waals surface area contributed by atoms with Gasteiger partial charge in [0.1, 0.15) is 16.6 Å². The van der Waals surface area contributed by atoms with Gasteiger partial charge in [0, 0.05) is 37.8 Å². The number of aromatic nitrogens is 4. The van der Waals surface area contributed by atoms with Gasteiger partial charge in [-0.2, -0.15) is 9.78 Å². The number of aryl methyl sites for hydroxylation is 2. The molecule has 3 aromatic heterocycles. The molecule has 10 nitrogen and oxygen atoms in total. The van der Waals surface area contributed by atoms with E-state index in [1.54, 1.807) is 23.3 Å². The number of nitrogens with zero attached hydrogens (tertiary/aromatic N) is 8. The molecule has 2 bridgehead atoms. The number of amides is 2. The van der Waals surface area contributed by atoms with Gasteiger partial charge in [-0.15, -0.1) is 5.10 Å². The summed E-state index contributed by atoms with van der Waals surface area (Å²) in [5, 5.41) is 16.6. The summed E-state index contributed by atoms with van der Waals surface area (Å²) in [6.07, 6.45) is 4.70. The number of benzene rings is 1. The van der Waals surface area contributed by atoms with Crippen molar-refractivity contribution in [2.45, 2.75) is 64.1 Å². The number of imidazole rings is 1. The van der Waals surface area contributed by atoms with Gasteiger partial charge in [-0.1, -0.05) is 59.4 Å². The molecule has 4 aromatic rings. The van der Waals surface area contributed by atoms with Crippen LogP contribution in [0, 0.1) is 18.3 Å². The van der Waals surface area contributed by atoms with Gasteiger partial charge in [0.15, 0.2) is 10.9 Å². The summed E-state index contributed by atoms with van der Waals surface area (Å²) in [5.74, 6) is 0.874. The van der Waals surface area contributed by atoms with Crippen LogP contribution in [-0.4, -0.2) is 62.7 Å². The topological polar surface area (TPSA) is 120 Å². The van der Waals surface area contributed by atoms with Gasteiger partial charge >= 0.3 is 6.03 Å². The Bertz CT molecular complexity index is 1570. The van der Waals surface area contributed by atoms with Gasteiger partial charge in [-0.3, -0.25) is 0 Å². The van der Waals surface area contributed by atoms with Crippen molar-refractivity contribution in [3.8, 4) is 17.3 Å². The molecule has 2 N–H and O–H groups in total. The molecule has 6 rings (SSSR count). The van der Waals surface area contributed by atoms with E-state index in [0.29, 0.717) is 22.7 Å². The van der Waals surface area contributed by atoms with Crippen LogP contribution >= 0.6 is 22.7 Å². The van der Waals surface area contributed by atoms with Crippen molar-refractivity contribution >= 4 is 49.7 Å². The van der Waals surface area contributed by atoms with Crippen molar-refractivity contribution in [1.82, 2.24) is 24.5 Å².